The highest BCUT2D eigenvalue weighted by Gasteiger charge is 2.28. The number of hydrogen-bond donors (Lipinski definition) is 1. The Kier molecular flexibility index (Phi) is 4.35. The Labute approximate surface area is 162 Å². The maximum absolute atomic E-state index is 6.10. The van der Waals surface area contributed by atoms with Crippen molar-refractivity contribution in [2.24, 2.45) is 0 Å². The van der Waals surface area contributed by atoms with Crippen molar-refractivity contribution in [3.05, 3.63) is 48.0 Å². The van der Waals surface area contributed by atoms with Crippen molar-refractivity contribution in [2.45, 2.75) is 6.04 Å². The summed E-state index contributed by atoms with van der Waals surface area (Å²) < 4.78 is 7.17. The lowest BCUT2D eigenvalue weighted by molar-refractivity contribution is -0.0660. The maximum atomic E-state index is 6.10. The molecule has 3 aromatic rings. The van der Waals surface area contributed by atoms with E-state index in [1.807, 2.05) is 10.6 Å². The molecule has 4 heterocycles. The summed E-state index contributed by atoms with van der Waals surface area (Å²) in [6.45, 7) is 6.07. The minimum absolute atomic E-state index is 0.425. The van der Waals surface area contributed by atoms with Gasteiger partial charge in [0.1, 0.15) is 5.15 Å². The number of aromatic nitrogens is 3. The minimum Gasteiger partial charge on any atom is -0.378 e. The van der Waals surface area contributed by atoms with Crippen molar-refractivity contribution in [1.82, 2.24) is 19.3 Å². The first-order chi connectivity index (χ1) is 13.3. The van der Waals surface area contributed by atoms with Gasteiger partial charge in [0.15, 0.2) is 11.5 Å². The normalized spacial score (nSPS) is 18.6. The number of nitrogens with zero attached hydrogens (tertiary/aromatic N) is 5. The van der Waals surface area contributed by atoms with Gasteiger partial charge in [0, 0.05) is 56.1 Å². The molecule has 2 aliphatic heterocycles. The molecule has 8 heteroatoms. The number of benzene rings is 1. The second kappa shape index (κ2) is 6.99. The van der Waals surface area contributed by atoms with Crippen molar-refractivity contribution in [3.8, 4) is 0 Å². The first kappa shape index (κ1) is 16.8. The molecule has 2 aliphatic rings. The van der Waals surface area contributed by atoms with Crippen molar-refractivity contribution in [2.75, 3.05) is 49.6 Å². The topological polar surface area (TPSA) is 57.9 Å². The molecule has 0 bridgehead atoms. The van der Waals surface area contributed by atoms with E-state index in [4.69, 9.17) is 16.3 Å². The standard InChI is InChI=1S/C19H21ClN6O/c20-17-11-26-6-5-21-19(26)18(23-17)22-14-1-3-15(4-2-14)24-7-9-25(10-8-24)16-12-27-13-16/h1-6,11,16H,7-10,12-13H2,(H,22,23). The summed E-state index contributed by atoms with van der Waals surface area (Å²) in [6, 6.07) is 9.08. The number of fused-ring (bicyclic) bond motifs is 1. The monoisotopic (exact) mass is 384 g/mol. The molecule has 1 aromatic carbocycles. The van der Waals surface area contributed by atoms with Crippen LogP contribution in [0.1, 0.15) is 0 Å². The van der Waals surface area contributed by atoms with Gasteiger partial charge in [-0.05, 0) is 24.3 Å². The maximum Gasteiger partial charge on any atom is 0.180 e. The lowest BCUT2D eigenvalue weighted by Crippen LogP contribution is -2.56. The van der Waals surface area contributed by atoms with Crippen LogP contribution in [0.5, 0.6) is 0 Å². The number of halogens is 1. The summed E-state index contributed by atoms with van der Waals surface area (Å²) in [5.41, 5.74) is 2.96. The van der Waals surface area contributed by atoms with Crippen molar-refractivity contribution in [3.63, 3.8) is 0 Å². The van der Waals surface area contributed by atoms with E-state index in [0.29, 0.717) is 17.0 Å². The number of ether oxygens (including phenoxy) is 1. The zero-order valence-corrected chi connectivity index (χ0v) is 15.6. The van der Waals surface area contributed by atoms with Gasteiger partial charge >= 0.3 is 0 Å². The van der Waals surface area contributed by atoms with Gasteiger partial charge in [-0.2, -0.15) is 0 Å². The summed E-state index contributed by atoms with van der Waals surface area (Å²) in [7, 11) is 0. The summed E-state index contributed by atoms with van der Waals surface area (Å²) in [5.74, 6) is 0.650. The third kappa shape index (κ3) is 3.34. The SMILES string of the molecule is Clc1cn2ccnc2c(Nc2ccc(N3CCN(C4COC4)CC3)cc2)n1. The van der Waals surface area contributed by atoms with Gasteiger partial charge in [0.2, 0.25) is 0 Å². The summed E-state index contributed by atoms with van der Waals surface area (Å²) >= 11 is 6.10. The average molecular weight is 385 g/mol. The predicted molar refractivity (Wildman–Crippen MR) is 106 cm³/mol. The smallest absolute Gasteiger partial charge is 0.180 e. The summed E-state index contributed by atoms with van der Waals surface area (Å²) in [6.07, 6.45) is 5.33. The van der Waals surface area contributed by atoms with Gasteiger partial charge in [0.25, 0.3) is 0 Å². The Bertz CT molecular complexity index is 931. The molecular formula is C19H21ClN6O. The third-order valence-electron chi connectivity index (χ3n) is 5.29. The third-order valence-corrected chi connectivity index (χ3v) is 5.47. The zero-order valence-electron chi connectivity index (χ0n) is 14.9. The fourth-order valence-electron chi connectivity index (χ4n) is 3.66. The number of piperazine rings is 1. The van der Waals surface area contributed by atoms with Crippen LogP contribution in [0.25, 0.3) is 5.65 Å². The molecule has 2 fully saturated rings. The van der Waals surface area contributed by atoms with Crippen LogP contribution < -0.4 is 10.2 Å². The number of rotatable bonds is 4. The molecule has 0 amide bonds. The highest BCUT2D eigenvalue weighted by molar-refractivity contribution is 6.29. The van der Waals surface area contributed by atoms with Gasteiger partial charge in [-0.25, -0.2) is 9.97 Å². The van der Waals surface area contributed by atoms with E-state index in [2.05, 4.69) is 49.4 Å². The van der Waals surface area contributed by atoms with Crippen LogP contribution in [0.15, 0.2) is 42.9 Å². The van der Waals surface area contributed by atoms with Crippen LogP contribution >= 0.6 is 11.6 Å². The molecule has 0 aliphatic carbocycles. The molecular weight excluding hydrogens is 364 g/mol. The van der Waals surface area contributed by atoms with Gasteiger partial charge in [-0.1, -0.05) is 11.6 Å². The van der Waals surface area contributed by atoms with E-state index >= 15 is 0 Å². The highest BCUT2D eigenvalue weighted by Crippen LogP contribution is 2.25. The molecule has 0 atom stereocenters. The summed E-state index contributed by atoms with van der Waals surface area (Å²) in [4.78, 5) is 13.7. The van der Waals surface area contributed by atoms with Crippen LogP contribution in [-0.4, -0.2) is 64.7 Å². The van der Waals surface area contributed by atoms with Crippen molar-refractivity contribution < 1.29 is 4.74 Å². The molecule has 2 saturated heterocycles. The molecule has 0 spiro atoms. The van der Waals surface area contributed by atoms with Gasteiger partial charge in [0.05, 0.1) is 19.3 Å². The first-order valence-corrected chi connectivity index (χ1v) is 9.57. The fraction of sp³-hybridized carbons (Fsp3) is 0.368. The van der Waals surface area contributed by atoms with E-state index < -0.39 is 0 Å². The number of nitrogens with one attached hydrogen (secondary N) is 1. The van der Waals surface area contributed by atoms with Crippen LogP contribution in [0.2, 0.25) is 5.15 Å². The number of anilines is 3. The Hall–Kier alpha value is -2.35. The number of hydrogen-bond acceptors (Lipinski definition) is 6. The van der Waals surface area contributed by atoms with Crippen LogP contribution in [0.3, 0.4) is 0 Å². The molecule has 0 unspecified atom stereocenters. The fourth-order valence-corrected chi connectivity index (χ4v) is 3.85. The Morgan fingerprint density at radius 2 is 1.85 bits per heavy atom. The largest absolute Gasteiger partial charge is 0.378 e. The van der Waals surface area contributed by atoms with E-state index in [0.717, 1.165) is 50.7 Å². The number of imidazole rings is 1. The van der Waals surface area contributed by atoms with Crippen molar-refractivity contribution in [1.29, 1.82) is 0 Å². The first-order valence-electron chi connectivity index (χ1n) is 9.19. The minimum atomic E-state index is 0.425. The van der Waals surface area contributed by atoms with Crippen LogP contribution in [-0.2, 0) is 4.74 Å². The van der Waals surface area contributed by atoms with Gasteiger partial charge in [-0.3, -0.25) is 4.90 Å². The van der Waals surface area contributed by atoms with E-state index in [1.54, 1.807) is 12.4 Å². The Balaban J connectivity index is 1.27. The van der Waals surface area contributed by atoms with E-state index in [-0.39, 0.29) is 0 Å². The van der Waals surface area contributed by atoms with E-state index in [9.17, 15) is 0 Å². The molecule has 0 radical (unpaired) electrons. The second-order valence-corrected chi connectivity index (χ2v) is 7.34. The zero-order chi connectivity index (χ0) is 18.2. The van der Waals surface area contributed by atoms with Gasteiger partial charge in [-0.15, -0.1) is 0 Å². The molecule has 2 aromatic heterocycles. The highest BCUT2D eigenvalue weighted by atomic mass is 35.5. The average Bonchev–Trinajstić information content (AvgIpc) is 3.10. The lowest BCUT2D eigenvalue weighted by Gasteiger charge is -2.43. The molecule has 1 N–H and O–H groups in total. The van der Waals surface area contributed by atoms with Crippen LogP contribution in [0.4, 0.5) is 17.2 Å². The van der Waals surface area contributed by atoms with Crippen LogP contribution in [0, 0.1) is 0 Å². The Morgan fingerprint density at radius 3 is 2.56 bits per heavy atom. The lowest BCUT2D eigenvalue weighted by atomic mass is 10.1. The molecule has 5 rings (SSSR count). The van der Waals surface area contributed by atoms with Gasteiger partial charge < -0.3 is 19.4 Å². The second-order valence-electron chi connectivity index (χ2n) is 6.96. The molecule has 0 saturated carbocycles. The molecule has 27 heavy (non-hydrogen) atoms. The predicted octanol–water partition coefficient (Wildman–Crippen LogP) is 2.65. The summed E-state index contributed by atoms with van der Waals surface area (Å²) in [5, 5.41) is 3.75. The molecule has 140 valence electrons. The van der Waals surface area contributed by atoms with Crippen molar-refractivity contribution >= 4 is 34.4 Å². The Morgan fingerprint density at radius 1 is 1.07 bits per heavy atom. The van der Waals surface area contributed by atoms with E-state index in [1.165, 1.54) is 5.69 Å². The molecule has 7 nitrogen and oxygen atoms in total. The quantitative estimate of drug-likeness (QED) is 0.746.